The van der Waals surface area contributed by atoms with Crippen LogP contribution in [0.5, 0.6) is 0 Å². The highest BCUT2D eigenvalue weighted by atomic mass is 16.6. The minimum absolute atomic E-state index is 0.0479. The number of carbonyl (C=O) groups is 5. The van der Waals surface area contributed by atoms with Gasteiger partial charge in [-0.15, -0.1) is 0 Å². The van der Waals surface area contributed by atoms with Crippen molar-refractivity contribution < 1.29 is 33.8 Å². The summed E-state index contributed by atoms with van der Waals surface area (Å²) in [5.41, 5.74) is -0.262. The van der Waals surface area contributed by atoms with E-state index < -0.39 is 46.5 Å². The topological polar surface area (TPSA) is 150 Å². The lowest BCUT2D eigenvalue weighted by atomic mass is 9.76. The molecule has 4 amide bonds. The number of hydrogen-bond acceptors (Lipinski definition) is 6. The molecule has 0 saturated carbocycles. The molecule has 1 aromatic carbocycles. The largest absolute Gasteiger partial charge is 0.481 e. The van der Waals surface area contributed by atoms with Gasteiger partial charge in [-0.2, -0.15) is 0 Å². The molecule has 0 saturated heterocycles. The number of amides is 4. The Kier molecular flexibility index (Phi) is 13.0. The number of likely N-dealkylation sites (N-methyl/N-ethyl adjacent to an activating group) is 2. The number of carbonyl (C=O) groups excluding carboxylic acids is 4. The summed E-state index contributed by atoms with van der Waals surface area (Å²) < 4.78 is 7.67. The maximum Gasteiger partial charge on any atom is 0.410 e. The van der Waals surface area contributed by atoms with Gasteiger partial charge in [0.15, 0.2) is 0 Å². The number of aliphatic carboxylic acids is 1. The van der Waals surface area contributed by atoms with Crippen LogP contribution in [0.2, 0.25) is 0 Å². The minimum atomic E-state index is -1.08. The maximum atomic E-state index is 14.5. The summed E-state index contributed by atoms with van der Waals surface area (Å²) in [6, 6.07) is 5.79. The average molecular weight is 670 g/mol. The second-order valence-electron chi connectivity index (χ2n) is 15.1. The summed E-state index contributed by atoms with van der Waals surface area (Å²) in [7, 11) is 5.05. The standard InChI is InChI=1S/C36H55N5O7/c1-23(30(44)37-20-15-18-27(42)43)19-21-39(10)32(46)28(34(2,3)4)38-31(45)29(41(12)33(47)48-35(5,6)7)36(8,9)25-22-40(11)26-17-14-13-16-24(25)26/h13-14,16-17,19,22,28-29H,15,18,20-21H2,1-12H3,(H,37,44)(H,38,45)(H,42,43)/b23-19+/t28?,29-/m1/s1. The van der Waals surface area contributed by atoms with Crippen molar-refractivity contribution in [3.05, 3.63) is 47.7 Å². The van der Waals surface area contributed by atoms with Crippen LogP contribution in [0.3, 0.4) is 0 Å². The molecular formula is C36H55N5O7. The molecule has 1 aromatic heterocycles. The second kappa shape index (κ2) is 15.7. The first-order valence-electron chi connectivity index (χ1n) is 16.2. The Labute approximate surface area is 284 Å². The number of carboxylic acid groups (broad SMARTS) is 1. The zero-order valence-electron chi connectivity index (χ0n) is 30.7. The van der Waals surface area contributed by atoms with E-state index >= 15 is 0 Å². The Balaban J connectivity index is 2.43. The third-order valence-corrected chi connectivity index (χ3v) is 8.25. The van der Waals surface area contributed by atoms with E-state index in [1.165, 1.54) is 16.8 Å². The van der Waals surface area contributed by atoms with Gasteiger partial charge in [0.1, 0.15) is 17.7 Å². The van der Waals surface area contributed by atoms with E-state index in [4.69, 9.17) is 9.84 Å². The first-order valence-corrected chi connectivity index (χ1v) is 16.2. The first kappa shape index (κ1) is 39.8. The van der Waals surface area contributed by atoms with Crippen LogP contribution in [0.4, 0.5) is 4.79 Å². The maximum absolute atomic E-state index is 14.5. The van der Waals surface area contributed by atoms with Gasteiger partial charge in [0, 0.05) is 68.7 Å². The Morgan fingerprint density at radius 1 is 1.00 bits per heavy atom. The van der Waals surface area contributed by atoms with Crippen LogP contribution in [0, 0.1) is 5.41 Å². The van der Waals surface area contributed by atoms with E-state index in [0.29, 0.717) is 12.0 Å². The van der Waals surface area contributed by atoms with Crippen LogP contribution in [-0.4, -0.2) is 94.1 Å². The van der Waals surface area contributed by atoms with Crippen LogP contribution in [0.15, 0.2) is 42.1 Å². The summed E-state index contributed by atoms with van der Waals surface area (Å²) in [6.45, 7) is 16.5. The van der Waals surface area contributed by atoms with Gasteiger partial charge in [-0.05, 0) is 51.2 Å². The highest BCUT2D eigenvalue weighted by Crippen LogP contribution is 2.37. The highest BCUT2D eigenvalue weighted by Gasteiger charge is 2.46. The summed E-state index contributed by atoms with van der Waals surface area (Å²) in [6.07, 6.45) is 3.16. The normalized spacial score (nSPS) is 13.8. The Hall–Kier alpha value is -4.35. The van der Waals surface area contributed by atoms with Crippen molar-refractivity contribution in [2.24, 2.45) is 12.5 Å². The number of aryl methyl sites for hydroxylation is 1. The third kappa shape index (κ3) is 10.3. The van der Waals surface area contributed by atoms with Gasteiger partial charge in [0.25, 0.3) is 0 Å². The number of benzene rings is 1. The molecule has 2 rings (SSSR count). The summed E-state index contributed by atoms with van der Waals surface area (Å²) >= 11 is 0. The predicted octanol–water partition coefficient (Wildman–Crippen LogP) is 4.61. The zero-order chi connectivity index (χ0) is 36.8. The first-order chi connectivity index (χ1) is 22.0. The van der Waals surface area contributed by atoms with Crippen molar-refractivity contribution in [1.29, 1.82) is 0 Å². The van der Waals surface area contributed by atoms with Crippen molar-refractivity contribution in [2.75, 3.05) is 27.2 Å². The number of aromatic nitrogens is 1. The van der Waals surface area contributed by atoms with Crippen LogP contribution in [0.1, 0.15) is 80.7 Å². The van der Waals surface area contributed by atoms with Crippen molar-refractivity contribution in [1.82, 2.24) is 25.0 Å². The quantitative estimate of drug-likeness (QED) is 0.208. The van der Waals surface area contributed by atoms with Gasteiger partial charge >= 0.3 is 12.1 Å². The van der Waals surface area contributed by atoms with Crippen LogP contribution < -0.4 is 10.6 Å². The second-order valence-corrected chi connectivity index (χ2v) is 15.1. The Bertz CT molecular complexity index is 1530. The smallest absolute Gasteiger partial charge is 0.410 e. The number of carboxylic acids is 1. The number of para-hydroxylation sites is 1. The van der Waals surface area contributed by atoms with Crippen LogP contribution in [-0.2, 0) is 36.4 Å². The van der Waals surface area contributed by atoms with Crippen molar-refractivity contribution in [3.8, 4) is 0 Å². The summed E-state index contributed by atoms with van der Waals surface area (Å²) in [5.74, 6) is -2.18. The molecule has 0 bridgehead atoms. The molecule has 2 atom stereocenters. The highest BCUT2D eigenvalue weighted by molar-refractivity contribution is 5.95. The third-order valence-electron chi connectivity index (χ3n) is 8.25. The van der Waals surface area contributed by atoms with Gasteiger partial charge in [-0.25, -0.2) is 4.79 Å². The van der Waals surface area contributed by atoms with Crippen molar-refractivity contribution in [3.63, 3.8) is 0 Å². The molecule has 2 aromatic rings. The number of fused-ring (bicyclic) bond motifs is 1. The van der Waals surface area contributed by atoms with E-state index in [0.717, 1.165) is 16.5 Å². The fraction of sp³-hybridized carbons (Fsp3) is 0.583. The molecule has 12 heteroatoms. The van der Waals surface area contributed by atoms with E-state index in [9.17, 15) is 24.0 Å². The fourth-order valence-corrected chi connectivity index (χ4v) is 5.56. The molecule has 1 heterocycles. The number of hydrogen-bond donors (Lipinski definition) is 3. The molecule has 48 heavy (non-hydrogen) atoms. The number of rotatable bonds is 13. The molecule has 0 aliphatic heterocycles. The van der Waals surface area contributed by atoms with E-state index in [1.807, 2.05) is 76.7 Å². The van der Waals surface area contributed by atoms with E-state index in [-0.39, 0.29) is 31.3 Å². The Morgan fingerprint density at radius 3 is 2.17 bits per heavy atom. The van der Waals surface area contributed by atoms with E-state index in [1.54, 1.807) is 40.8 Å². The fourth-order valence-electron chi connectivity index (χ4n) is 5.56. The average Bonchev–Trinajstić information content (AvgIpc) is 3.31. The molecule has 0 radical (unpaired) electrons. The zero-order valence-corrected chi connectivity index (χ0v) is 30.7. The van der Waals surface area contributed by atoms with E-state index in [2.05, 4.69) is 10.6 Å². The molecule has 0 aliphatic rings. The molecule has 266 valence electrons. The Morgan fingerprint density at radius 2 is 1.60 bits per heavy atom. The number of nitrogens with one attached hydrogen (secondary N) is 2. The van der Waals surface area contributed by atoms with Crippen LogP contribution in [0.25, 0.3) is 10.9 Å². The lowest BCUT2D eigenvalue weighted by molar-refractivity contribution is -0.140. The molecule has 0 spiro atoms. The monoisotopic (exact) mass is 669 g/mol. The molecule has 0 fully saturated rings. The van der Waals surface area contributed by atoms with Gasteiger partial charge < -0.3 is 29.9 Å². The molecule has 3 N–H and O–H groups in total. The van der Waals surface area contributed by atoms with Gasteiger partial charge in [-0.1, -0.05) is 58.9 Å². The number of ether oxygens (including phenoxy) is 1. The SMILES string of the molecule is C/C(=C\CN(C)C(=O)C(NC(=O)[C@@H](N(C)C(=O)OC(C)(C)C)C(C)(C)c1cn(C)c2ccccc12)C(C)(C)C)C(=O)NCCCC(=O)O. The summed E-state index contributed by atoms with van der Waals surface area (Å²) in [5, 5.41) is 15.4. The van der Waals surface area contributed by atoms with Gasteiger partial charge in [-0.3, -0.25) is 24.1 Å². The molecule has 0 aliphatic carbocycles. The lowest BCUT2D eigenvalue weighted by Crippen LogP contribution is -2.62. The van der Waals surface area contributed by atoms with Gasteiger partial charge in [0.05, 0.1) is 0 Å². The van der Waals surface area contributed by atoms with Crippen LogP contribution >= 0.6 is 0 Å². The lowest BCUT2D eigenvalue weighted by Gasteiger charge is -2.41. The molecular weight excluding hydrogens is 614 g/mol. The minimum Gasteiger partial charge on any atom is -0.481 e. The van der Waals surface area contributed by atoms with Gasteiger partial charge in [0.2, 0.25) is 17.7 Å². The molecule has 12 nitrogen and oxygen atoms in total. The number of nitrogens with zero attached hydrogens (tertiary/aromatic N) is 3. The van der Waals surface area contributed by atoms with Crippen molar-refractivity contribution in [2.45, 2.75) is 98.3 Å². The van der Waals surface area contributed by atoms with Crippen molar-refractivity contribution >= 4 is 40.7 Å². The molecule has 1 unspecified atom stereocenters. The predicted molar refractivity (Wildman–Crippen MR) is 186 cm³/mol. The summed E-state index contributed by atoms with van der Waals surface area (Å²) in [4.78, 5) is 67.8.